The number of rotatable bonds is 6. The first-order valence-electron chi connectivity index (χ1n) is 11.1. The van der Waals surface area contributed by atoms with E-state index < -0.39 is 11.1 Å². The van der Waals surface area contributed by atoms with E-state index in [1.165, 1.54) is 30.7 Å². The molecule has 1 atom stereocenters. The van der Waals surface area contributed by atoms with Crippen LogP contribution in [-0.2, 0) is 11.1 Å². The monoisotopic (exact) mass is 468 g/mol. The summed E-state index contributed by atoms with van der Waals surface area (Å²) in [7, 11) is 0. The molecule has 0 aromatic heterocycles. The highest BCUT2D eigenvalue weighted by Gasteiger charge is 2.11. The van der Waals surface area contributed by atoms with E-state index in [0.717, 1.165) is 35.2 Å². The molecule has 34 heavy (non-hydrogen) atoms. The molecule has 0 radical (unpaired) electrons. The first-order valence-corrected chi connectivity index (χ1v) is 12.1. The SMILES string of the molecule is O=S([O-])c1ccc(N=Nc2ccc(N=Nc3ccc(N4CCCC4)cc3)c3ccccc23)cc1. The van der Waals surface area contributed by atoms with Crippen LogP contribution in [0.4, 0.5) is 28.4 Å². The standard InChI is InChI=1S/C26H23N5O2S/c32-34(33)22-13-9-20(10-14-22)28-30-26-16-15-25(23-5-1-2-6-24(23)26)29-27-19-7-11-21(12-8-19)31-17-3-4-18-31/h1-2,5-16H,3-4,17-18H2,(H,32,33)/p-1. The zero-order valence-corrected chi connectivity index (χ0v) is 19.2. The molecule has 1 aliphatic rings. The fourth-order valence-corrected chi connectivity index (χ4v) is 4.35. The third-order valence-corrected chi connectivity index (χ3v) is 6.43. The van der Waals surface area contributed by atoms with Gasteiger partial charge in [0, 0.05) is 34.4 Å². The van der Waals surface area contributed by atoms with Crippen LogP contribution >= 0.6 is 0 Å². The molecule has 1 fully saturated rings. The van der Waals surface area contributed by atoms with Crippen molar-refractivity contribution in [2.75, 3.05) is 18.0 Å². The minimum atomic E-state index is -2.26. The Kier molecular flexibility index (Phi) is 6.51. The Balaban J connectivity index is 1.38. The molecular weight excluding hydrogens is 446 g/mol. The topological polar surface area (TPSA) is 92.8 Å². The van der Waals surface area contributed by atoms with Crippen molar-refractivity contribution < 1.29 is 8.76 Å². The third kappa shape index (κ3) is 4.93. The van der Waals surface area contributed by atoms with Gasteiger partial charge in [-0.2, -0.15) is 10.2 Å². The molecule has 7 nitrogen and oxygen atoms in total. The Morgan fingerprint density at radius 1 is 0.647 bits per heavy atom. The van der Waals surface area contributed by atoms with Gasteiger partial charge in [-0.25, -0.2) is 0 Å². The largest absolute Gasteiger partial charge is 0.768 e. The van der Waals surface area contributed by atoms with E-state index in [4.69, 9.17) is 0 Å². The van der Waals surface area contributed by atoms with E-state index in [1.54, 1.807) is 12.1 Å². The van der Waals surface area contributed by atoms with Crippen LogP contribution in [0, 0.1) is 0 Å². The molecule has 1 unspecified atom stereocenters. The number of anilines is 1. The van der Waals surface area contributed by atoms with Crippen molar-refractivity contribution in [3.05, 3.63) is 84.9 Å². The highest BCUT2D eigenvalue weighted by Crippen LogP contribution is 2.35. The Bertz CT molecular complexity index is 1380. The summed E-state index contributed by atoms with van der Waals surface area (Å²) in [6, 6.07) is 26.0. The molecule has 8 heteroatoms. The first kappa shape index (κ1) is 22.1. The van der Waals surface area contributed by atoms with Gasteiger partial charge < -0.3 is 9.45 Å². The van der Waals surface area contributed by atoms with Gasteiger partial charge in [0.2, 0.25) is 0 Å². The lowest BCUT2D eigenvalue weighted by atomic mass is 10.1. The van der Waals surface area contributed by atoms with Crippen LogP contribution < -0.4 is 4.90 Å². The number of azo groups is 2. The summed E-state index contributed by atoms with van der Waals surface area (Å²) >= 11 is -2.26. The molecule has 5 rings (SSSR count). The fourth-order valence-electron chi connectivity index (χ4n) is 3.99. The van der Waals surface area contributed by atoms with Crippen LogP contribution in [0.2, 0.25) is 0 Å². The van der Waals surface area contributed by atoms with Crippen molar-refractivity contribution in [1.29, 1.82) is 0 Å². The smallest absolute Gasteiger partial charge is 0.0936 e. The molecule has 1 heterocycles. The van der Waals surface area contributed by atoms with Crippen molar-refractivity contribution in [2.45, 2.75) is 17.7 Å². The van der Waals surface area contributed by atoms with E-state index in [2.05, 4.69) is 37.5 Å². The van der Waals surface area contributed by atoms with Crippen molar-refractivity contribution in [3.63, 3.8) is 0 Å². The van der Waals surface area contributed by atoms with Gasteiger partial charge in [0.25, 0.3) is 0 Å². The van der Waals surface area contributed by atoms with E-state index in [9.17, 15) is 8.76 Å². The molecule has 0 bridgehead atoms. The van der Waals surface area contributed by atoms with Gasteiger partial charge in [0.1, 0.15) is 0 Å². The number of nitrogens with zero attached hydrogens (tertiary/aromatic N) is 5. The van der Waals surface area contributed by atoms with Gasteiger partial charge in [0.05, 0.1) is 22.7 Å². The Labute approximate surface area is 200 Å². The molecule has 4 aromatic rings. The van der Waals surface area contributed by atoms with Crippen LogP contribution in [-0.4, -0.2) is 21.9 Å². The lowest BCUT2D eigenvalue weighted by Crippen LogP contribution is -2.17. The minimum Gasteiger partial charge on any atom is -0.768 e. The van der Waals surface area contributed by atoms with E-state index >= 15 is 0 Å². The highest BCUT2D eigenvalue weighted by molar-refractivity contribution is 7.79. The molecule has 1 aliphatic heterocycles. The first-order chi connectivity index (χ1) is 16.7. The molecular formula is C26H22N5O2S-. The second-order valence-corrected chi connectivity index (χ2v) is 8.93. The average molecular weight is 469 g/mol. The zero-order chi connectivity index (χ0) is 23.3. The van der Waals surface area contributed by atoms with Crippen LogP contribution in [0.25, 0.3) is 10.8 Å². The van der Waals surface area contributed by atoms with E-state index in [-0.39, 0.29) is 4.90 Å². The molecule has 0 saturated carbocycles. The average Bonchev–Trinajstić information content (AvgIpc) is 3.42. The minimum absolute atomic E-state index is 0.213. The maximum atomic E-state index is 11.0. The van der Waals surface area contributed by atoms with Gasteiger partial charge in [-0.1, -0.05) is 24.3 Å². The summed E-state index contributed by atoms with van der Waals surface area (Å²) in [5.41, 5.74) is 4.05. The Morgan fingerprint density at radius 3 is 1.65 bits per heavy atom. The number of hydrogen-bond donors (Lipinski definition) is 0. The fraction of sp³-hybridized carbons (Fsp3) is 0.154. The summed E-state index contributed by atoms with van der Waals surface area (Å²) in [6.45, 7) is 2.23. The van der Waals surface area contributed by atoms with E-state index in [0.29, 0.717) is 11.4 Å². The highest BCUT2D eigenvalue weighted by atomic mass is 32.2. The normalized spacial score (nSPS) is 15.0. The van der Waals surface area contributed by atoms with Gasteiger partial charge in [0.15, 0.2) is 0 Å². The summed E-state index contributed by atoms with van der Waals surface area (Å²) in [4.78, 5) is 2.60. The predicted molar refractivity (Wildman–Crippen MR) is 134 cm³/mol. The Hall–Kier alpha value is -3.75. The van der Waals surface area contributed by atoms with Gasteiger partial charge in [-0.3, -0.25) is 4.21 Å². The second kappa shape index (κ2) is 10.0. The lowest BCUT2D eigenvalue weighted by molar-refractivity contribution is 0.537. The zero-order valence-electron chi connectivity index (χ0n) is 18.4. The quantitative estimate of drug-likeness (QED) is 0.216. The van der Waals surface area contributed by atoms with Gasteiger partial charge in [-0.05, 0) is 84.6 Å². The van der Waals surface area contributed by atoms with Crippen LogP contribution in [0.1, 0.15) is 12.8 Å². The molecule has 0 amide bonds. The van der Waals surface area contributed by atoms with Crippen LogP contribution in [0.3, 0.4) is 0 Å². The lowest BCUT2D eigenvalue weighted by Gasteiger charge is -2.17. The summed E-state index contributed by atoms with van der Waals surface area (Å²) < 4.78 is 22.0. The van der Waals surface area contributed by atoms with Crippen molar-refractivity contribution in [2.24, 2.45) is 20.5 Å². The Morgan fingerprint density at radius 2 is 1.15 bits per heavy atom. The van der Waals surface area contributed by atoms with Gasteiger partial charge >= 0.3 is 0 Å². The maximum Gasteiger partial charge on any atom is 0.0936 e. The second-order valence-electron chi connectivity index (χ2n) is 7.99. The predicted octanol–water partition coefficient (Wildman–Crippen LogP) is 7.51. The molecule has 0 spiro atoms. The molecule has 4 aromatic carbocycles. The number of benzene rings is 4. The van der Waals surface area contributed by atoms with Crippen LogP contribution in [0.15, 0.2) is 110 Å². The van der Waals surface area contributed by atoms with Gasteiger partial charge in [-0.15, -0.1) is 10.2 Å². The summed E-state index contributed by atoms with van der Waals surface area (Å²) in [5, 5.41) is 19.4. The molecule has 170 valence electrons. The molecule has 1 saturated heterocycles. The molecule has 0 aliphatic carbocycles. The number of fused-ring (bicyclic) bond motifs is 1. The van der Waals surface area contributed by atoms with Crippen LogP contribution in [0.5, 0.6) is 0 Å². The van der Waals surface area contributed by atoms with Crippen molar-refractivity contribution >= 4 is 50.3 Å². The summed E-state index contributed by atoms with van der Waals surface area (Å²) in [6.07, 6.45) is 2.50. The number of hydrogen-bond acceptors (Lipinski definition) is 7. The van der Waals surface area contributed by atoms with Crippen molar-refractivity contribution in [1.82, 2.24) is 0 Å². The summed E-state index contributed by atoms with van der Waals surface area (Å²) in [5.74, 6) is 0. The third-order valence-electron chi connectivity index (χ3n) is 5.77. The molecule has 0 N–H and O–H groups in total. The van der Waals surface area contributed by atoms with E-state index in [1.807, 2.05) is 48.5 Å². The van der Waals surface area contributed by atoms with Crippen molar-refractivity contribution in [3.8, 4) is 0 Å². The maximum absolute atomic E-state index is 11.0.